The van der Waals surface area contributed by atoms with Crippen LogP contribution in [0.3, 0.4) is 0 Å². The van der Waals surface area contributed by atoms with E-state index in [-0.39, 0.29) is 17.1 Å². The summed E-state index contributed by atoms with van der Waals surface area (Å²) < 4.78 is 0. The molecule has 0 fully saturated rings. The van der Waals surface area contributed by atoms with E-state index in [1.165, 1.54) is 0 Å². The molecule has 0 heterocycles. The number of benzene rings is 1. The van der Waals surface area contributed by atoms with E-state index in [2.05, 4.69) is 0 Å². The van der Waals surface area contributed by atoms with Crippen LogP contribution in [0.5, 0.6) is 0 Å². The van der Waals surface area contributed by atoms with Crippen LogP contribution in [0, 0.1) is 0 Å². The third-order valence-electron chi connectivity index (χ3n) is 0.667. The topological polar surface area (TPSA) is 0 Å². The van der Waals surface area contributed by atoms with E-state index in [9.17, 15) is 0 Å². The van der Waals surface area contributed by atoms with Crippen molar-refractivity contribution in [2.24, 2.45) is 0 Å². The van der Waals surface area contributed by atoms with E-state index in [1.807, 2.05) is 36.4 Å². The van der Waals surface area contributed by atoms with Crippen molar-refractivity contribution >= 4 is 0 Å². The van der Waals surface area contributed by atoms with Crippen LogP contribution >= 0.6 is 0 Å². The van der Waals surface area contributed by atoms with Gasteiger partial charge < -0.3 is 0 Å². The zero-order valence-electron chi connectivity index (χ0n) is 3.82. The molecule has 0 saturated carbocycles. The largest absolute Gasteiger partial charge is 3.00 e. The van der Waals surface area contributed by atoms with Gasteiger partial charge in [-0.2, -0.15) is 0 Å². The summed E-state index contributed by atoms with van der Waals surface area (Å²) >= 11 is 0. The minimum absolute atomic E-state index is 0. The summed E-state index contributed by atoms with van der Waals surface area (Å²) in [5.41, 5.74) is 0. The van der Waals surface area contributed by atoms with Gasteiger partial charge in [0.15, 0.2) is 0 Å². The number of hydrogen-bond acceptors (Lipinski definition) is 0. The molecule has 7 heavy (non-hydrogen) atoms. The van der Waals surface area contributed by atoms with Crippen LogP contribution in [-0.2, 0) is 17.1 Å². The zero-order chi connectivity index (χ0) is 4.24. The molecule has 1 aromatic carbocycles. The van der Waals surface area contributed by atoms with E-state index < -0.39 is 0 Å². The molecule has 0 aromatic heterocycles. The molecule has 1 rings (SSSR count). The van der Waals surface area contributed by atoms with Crippen LogP contribution in [0.4, 0.5) is 0 Å². The molecule has 35 valence electrons. The van der Waals surface area contributed by atoms with Crippen molar-refractivity contribution in [1.29, 1.82) is 0 Å². The summed E-state index contributed by atoms with van der Waals surface area (Å²) in [5.74, 6) is 0. The average molecular weight is 134 g/mol. The van der Waals surface area contributed by atoms with E-state index in [4.69, 9.17) is 0 Å². The van der Waals surface area contributed by atoms with Crippen LogP contribution in [0.25, 0.3) is 0 Å². The Balaban J connectivity index is 0.000000360. The van der Waals surface area contributed by atoms with Gasteiger partial charge in [0, 0.05) is 0 Å². The Morgan fingerprint density at radius 3 is 0.714 bits per heavy atom. The van der Waals surface area contributed by atoms with Crippen LogP contribution in [-0.4, -0.2) is 0 Å². The van der Waals surface area contributed by atoms with Crippen molar-refractivity contribution in [3.8, 4) is 0 Å². The molecule has 0 aliphatic carbocycles. The number of hydrogen-bond donors (Lipinski definition) is 0. The molecule has 0 unspecified atom stereocenters. The molecule has 0 atom stereocenters. The van der Waals surface area contributed by atoms with Crippen molar-refractivity contribution in [3.63, 3.8) is 0 Å². The van der Waals surface area contributed by atoms with Crippen molar-refractivity contribution in [3.05, 3.63) is 36.4 Å². The molecular formula is C6H6Fe+3. The molecule has 1 aromatic rings. The fraction of sp³-hybridized carbons (Fsp3) is 0. The maximum absolute atomic E-state index is 2.00. The first-order valence-corrected chi connectivity index (χ1v) is 2.00. The summed E-state index contributed by atoms with van der Waals surface area (Å²) in [5, 5.41) is 0. The molecule has 0 aliphatic rings. The summed E-state index contributed by atoms with van der Waals surface area (Å²) in [4.78, 5) is 0. The third kappa shape index (κ3) is 2.44. The zero-order valence-corrected chi connectivity index (χ0v) is 4.92. The van der Waals surface area contributed by atoms with Gasteiger partial charge in [0.1, 0.15) is 0 Å². The Bertz CT molecular complexity index is 76.1. The van der Waals surface area contributed by atoms with Crippen LogP contribution in [0.1, 0.15) is 0 Å². The molecule has 0 amide bonds. The van der Waals surface area contributed by atoms with E-state index in [0.29, 0.717) is 0 Å². The Morgan fingerprint density at radius 2 is 0.571 bits per heavy atom. The monoisotopic (exact) mass is 134 g/mol. The van der Waals surface area contributed by atoms with E-state index >= 15 is 0 Å². The summed E-state index contributed by atoms with van der Waals surface area (Å²) in [7, 11) is 0. The van der Waals surface area contributed by atoms with Gasteiger partial charge in [-0.25, -0.2) is 0 Å². The second-order valence-electron chi connectivity index (χ2n) is 1.15. The normalized spacial score (nSPS) is 6.86. The van der Waals surface area contributed by atoms with Gasteiger partial charge >= 0.3 is 17.1 Å². The second-order valence-corrected chi connectivity index (χ2v) is 1.15. The summed E-state index contributed by atoms with van der Waals surface area (Å²) in [6.07, 6.45) is 0. The maximum atomic E-state index is 2.00. The SMILES string of the molecule is [Fe+3].c1ccccc1. The first kappa shape index (κ1) is 6.74. The molecule has 1 heteroatoms. The Kier molecular flexibility index (Phi) is 3.77. The molecule has 1 radical (unpaired) electrons. The first-order valence-electron chi connectivity index (χ1n) is 2.00. The van der Waals surface area contributed by atoms with Crippen molar-refractivity contribution in [2.45, 2.75) is 0 Å². The Hall–Kier alpha value is -0.261. The third-order valence-corrected chi connectivity index (χ3v) is 0.667. The van der Waals surface area contributed by atoms with Crippen LogP contribution < -0.4 is 0 Å². The fourth-order valence-corrected chi connectivity index (χ4v) is 0.385. The van der Waals surface area contributed by atoms with Gasteiger partial charge in [-0.1, -0.05) is 36.4 Å². The van der Waals surface area contributed by atoms with Gasteiger partial charge in [-0.05, 0) is 0 Å². The van der Waals surface area contributed by atoms with Crippen molar-refractivity contribution < 1.29 is 17.1 Å². The minimum atomic E-state index is 0. The van der Waals surface area contributed by atoms with Gasteiger partial charge in [0.05, 0.1) is 0 Å². The predicted molar refractivity (Wildman–Crippen MR) is 26.4 cm³/mol. The quantitative estimate of drug-likeness (QED) is 0.473. The minimum Gasteiger partial charge on any atom is -0.0623 e. The molecule has 0 N–H and O–H groups in total. The molecule has 0 saturated heterocycles. The summed E-state index contributed by atoms with van der Waals surface area (Å²) in [6, 6.07) is 12.0. The Morgan fingerprint density at radius 1 is 0.429 bits per heavy atom. The van der Waals surface area contributed by atoms with Gasteiger partial charge in [-0.3, -0.25) is 0 Å². The first-order chi connectivity index (χ1) is 3.00. The molecule has 0 spiro atoms. The van der Waals surface area contributed by atoms with Gasteiger partial charge in [0.25, 0.3) is 0 Å². The standard InChI is InChI=1S/C6H6.Fe/c1-2-4-6-5-3-1;/h1-6H;/q;+3. The Labute approximate surface area is 54.0 Å². The average Bonchev–Trinajstić information content (AvgIpc) is 1.72. The van der Waals surface area contributed by atoms with Crippen molar-refractivity contribution in [1.82, 2.24) is 0 Å². The van der Waals surface area contributed by atoms with E-state index in [1.54, 1.807) is 0 Å². The van der Waals surface area contributed by atoms with E-state index in [0.717, 1.165) is 0 Å². The molecule has 0 bridgehead atoms. The number of rotatable bonds is 0. The summed E-state index contributed by atoms with van der Waals surface area (Å²) in [6.45, 7) is 0. The van der Waals surface area contributed by atoms with Crippen molar-refractivity contribution in [2.75, 3.05) is 0 Å². The van der Waals surface area contributed by atoms with Crippen LogP contribution in [0.15, 0.2) is 36.4 Å². The second kappa shape index (κ2) is 3.91. The van der Waals surface area contributed by atoms with Gasteiger partial charge in [-0.15, -0.1) is 0 Å². The predicted octanol–water partition coefficient (Wildman–Crippen LogP) is 1.68. The fourth-order valence-electron chi connectivity index (χ4n) is 0.385. The smallest absolute Gasteiger partial charge is 0.0623 e. The maximum Gasteiger partial charge on any atom is 3.00 e. The molecular weight excluding hydrogens is 128 g/mol. The van der Waals surface area contributed by atoms with Gasteiger partial charge in [0.2, 0.25) is 0 Å². The molecule has 0 nitrogen and oxygen atoms in total. The molecule has 0 aliphatic heterocycles. The van der Waals surface area contributed by atoms with Crippen LogP contribution in [0.2, 0.25) is 0 Å².